The molecule has 5 nitrogen and oxygen atoms in total. The lowest BCUT2D eigenvalue weighted by molar-refractivity contribution is 0.0845. The summed E-state index contributed by atoms with van der Waals surface area (Å²) in [6.45, 7) is 1.52. The van der Waals surface area contributed by atoms with E-state index < -0.39 is 12.1 Å². The largest absolute Gasteiger partial charge is 0.508 e. The van der Waals surface area contributed by atoms with Crippen molar-refractivity contribution in [3.8, 4) is 5.75 Å². The smallest absolute Gasteiger partial charge is 0.407 e. The molecule has 0 aliphatic rings. The third kappa shape index (κ3) is 2.50. The number of amides is 1. The minimum atomic E-state index is -1.15. The van der Waals surface area contributed by atoms with Gasteiger partial charge in [0.1, 0.15) is 5.75 Å². The molecule has 1 atom stereocenters. The Morgan fingerprint density at radius 3 is 2.19 bits per heavy atom. The fourth-order valence-corrected chi connectivity index (χ4v) is 1.21. The van der Waals surface area contributed by atoms with E-state index in [0.29, 0.717) is 5.56 Å². The summed E-state index contributed by atoms with van der Waals surface area (Å²) in [7, 11) is 1.34. The van der Waals surface area contributed by atoms with E-state index in [1.807, 2.05) is 0 Å². The number of carbonyl (C=O) groups excluding carboxylic acids is 1. The molecule has 0 saturated heterocycles. The molecule has 86 valence electrons. The highest BCUT2D eigenvalue weighted by Crippen LogP contribution is 2.13. The van der Waals surface area contributed by atoms with Crippen LogP contribution in [0.5, 0.6) is 5.75 Å². The SMILES string of the molecule is CC(C(=O)c1ccc(O)cc1)N(C)C(=O)O. The topological polar surface area (TPSA) is 77.8 Å². The first kappa shape index (κ1) is 12.0. The molecule has 0 bridgehead atoms. The van der Waals surface area contributed by atoms with Crippen LogP contribution < -0.4 is 0 Å². The fourth-order valence-electron chi connectivity index (χ4n) is 1.21. The molecule has 1 rings (SSSR count). The quantitative estimate of drug-likeness (QED) is 0.762. The van der Waals surface area contributed by atoms with Gasteiger partial charge in [0.15, 0.2) is 5.78 Å². The number of hydrogen-bond acceptors (Lipinski definition) is 3. The Hall–Kier alpha value is -2.04. The maximum Gasteiger partial charge on any atom is 0.407 e. The van der Waals surface area contributed by atoms with Crippen LogP contribution in [0, 0.1) is 0 Å². The molecule has 0 aromatic heterocycles. The Morgan fingerprint density at radius 1 is 1.25 bits per heavy atom. The van der Waals surface area contributed by atoms with Crippen LogP contribution in [0.2, 0.25) is 0 Å². The van der Waals surface area contributed by atoms with Gasteiger partial charge in [-0.3, -0.25) is 4.79 Å². The summed E-state index contributed by atoms with van der Waals surface area (Å²) in [6.07, 6.45) is -1.15. The Kier molecular flexibility index (Phi) is 3.50. The second-order valence-electron chi connectivity index (χ2n) is 3.48. The Morgan fingerprint density at radius 2 is 1.75 bits per heavy atom. The number of benzene rings is 1. The third-order valence-electron chi connectivity index (χ3n) is 2.41. The second-order valence-corrected chi connectivity index (χ2v) is 3.48. The number of aromatic hydroxyl groups is 1. The van der Waals surface area contributed by atoms with Crippen LogP contribution in [0.1, 0.15) is 17.3 Å². The van der Waals surface area contributed by atoms with Gasteiger partial charge in [0.2, 0.25) is 0 Å². The van der Waals surface area contributed by atoms with Gasteiger partial charge in [0.25, 0.3) is 0 Å². The molecule has 0 fully saturated rings. The molecule has 0 aliphatic carbocycles. The maximum atomic E-state index is 11.8. The number of rotatable bonds is 3. The summed E-state index contributed by atoms with van der Waals surface area (Å²) in [6, 6.07) is 4.96. The zero-order chi connectivity index (χ0) is 12.3. The van der Waals surface area contributed by atoms with Gasteiger partial charge in [-0.05, 0) is 31.2 Å². The Labute approximate surface area is 92.9 Å². The number of hydrogen-bond donors (Lipinski definition) is 2. The lowest BCUT2D eigenvalue weighted by Gasteiger charge is -2.20. The van der Waals surface area contributed by atoms with E-state index in [9.17, 15) is 9.59 Å². The lowest BCUT2D eigenvalue weighted by atomic mass is 10.0. The van der Waals surface area contributed by atoms with E-state index in [1.54, 1.807) is 0 Å². The van der Waals surface area contributed by atoms with Crippen LogP contribution in [0.15, 0.2) is 24.3 Å². The van der Waals surface area contributed by atoms with Crippen LogP contribution in [-0.2, 0) is 0 Å². The van der Waals surface area contributed by atoms with Gasteiger partial charge >= 0.3 is 6.09 Å². The monoisotopic (exact) mass is 223 g/mol. The molecular weight excluding hydrogens is 210 g/mol. The molecule has 0 heterocycles. The Balaban J connectivity index is 2.86. The number of carbonyl (C=O) groups is 2. The van der Waals surface area contributed by atoms with Crippen LogP contribution in [0.25, 0.3) is 0 Å². The van der Waals surface area contributed by atoms with Crippen molar-refractivity contribution in [3.05, 3.63) is 29.8 Å². The number of ketones is 1. The highest BCUT2D eigenvalue weighted by atomic mass is 16.4. The molecule has 0 spiro atoms. The van der Waals surface area contributed by atoms with Crippen molar-refractivity contribution in [1.29, 1.82) is 0 Å². The number of likely N-dealkylation sites (N-methyl/N-ethyl adjacent to an activating group) is 1. The summed E-state index contributed by atoms with van der Waals surface area (Å²) in [5.74, 6) is -0.235. The van der Waals surface area contributed by atoms with Crippen LogP contribution in [0.3, 0.4) is 0 Å². The van der Waals surface area contributed by atoms with Gasteiger partial charge in [-0.15, -0.1) is 0 Å². The van der Waals surface area contributed by atoms with Crippen LogP contribution >= 0.6 is 0 Å². The predicted octanol–water partition coefficient (Wildman–Crippen LogP) is 1.57. The van der Waals surface area contributed by atoms with E-state index >= 15 is 0 Å². The molecule has 0 radical (unpaired) electrons. The van der Waals surface area contributed by atoms with Gasteiger partial charge in [-0.1, -0.05) is 0 Å². The average Bonchev–Trinajstić information content (AvgIpc) is 2.27. The van der Waals surface area contributed by atoms with Gasteiger partial charge in [-0.25, -0.2) is 4.79 Å². The molecule has 16 heavy (non-hydrogen) atoms. The minimum absolute atomic E-state index is 0.0655. The van der Waals surface area contributed by atoms with Crippen molar-refractivity contribution in [2.75, 3.05) is 7.05 Å². The molecule has 1 aromatic rings. The standard InChI is InChI=1S/C11H13NO4/c1-7(12(2)11(15)16)10(14)8-3-5-9(13)6-4-8/h3-7,13H,1-2H3,(H,15,16). The first-order valence-electron chi connectivity index (χ1n) is 4.72. The van der Waals surface area contributed by atoms with Crippen molar-refractivity contribution in [2.45, 2.75) is 13.0 Å². The fraction of sp³-hybridized carbons (Fsp3) is 0.273. The molecule has 5 heteroatoms. The summed E-state index contributed by atoms with van der Waals surface area (Å²) in [5, 5.41) is 17.8. The maximum absolute atomic E-state index is 11.8. The van der Waals surface area contributed by atoms with Crippen molar-refractivity contribution in [2.24, 2.45) is 0 Å². The van der Waals surface area contributed by atoms with Gasteiger partial charge in [-0.2, -0.15) is 0 Å². The number of nitrogens with zero attached hydrogens (tertiary/aromatic N) is 1. The normalized spacial score (nSPS) is 11.9. The zero-order valence-electron chi connectivity index (χ0n) is 9.04. The third-order valence-corrected chi connectivity index (χ3v) is 2.41. The molecule has 0 aliphatic heterocycles. The lowest BCUT2D eigenvalue weighted by Crippen LogP contribution is -2.39. The summed E-state index contributed by atoms with van der Waals surface area (Å²) in [5.41, 5.74) is 0.374. The van der Waals surface area contributed by atoms with Gasteiger partial charge < -0.3 is 15.1 Å². The van der Waals surface area contributed by atoms with E-state index in [2.05, 4.69) is 0 Å². The predicted molar refractivity (Wildman–Crippen MR) is 57.7 cm³/mol. The van der Waals surface area contributed by atoms with E-state index in [0.717, 1.165) is 4.90 Å². The summed E-state index contributed by atoms with van der Waals surface area (Å²) in [4.78, 5) is 23.4. The molecular formula is C11H13NO4. The molecule has 0 saturated carbocycles. The first-order valence-corrected chi connectivity index (χ1v) is 4.72. The molecule has 1 aromatic carbocycles. The van der Waals surface area contributed by atoms with Crippen molar-refractivity contribution in [3.63, 3.8) is 0 Å². The van der Waals surface area contributed by atoms with E-state index in [4.69, 9.17) is 10.2 Å². The second kappa shape index (κ2) is 4.65. The number of Topliss-reactive ketones (excluding diaryl/α,β-unsaturated/α-hetero) is 1. The van der Waals surface area contributed by atoms with Crippen LogP contribution in [-0.4, -0.2) is 40.1 Å². The molecule has 1 unspecified atom stereocenters. The average molecular weight is 223 g/mol. The van der Waals surface area contributed by atoms with Gasteiger partial charge in [0, 0.05) is 12.6 Å². The molecule has 2 N–H and O–H groups in total. The number of carboxylic acid groups (broad SMARTS) is 1. The molecule has 1 amide bonds. The van der Waals surface area contributed by atoms with Crippen molar-refractivity contribution in [1.82, 2.24) is 4.90 Å². The van der Waals surface area contributed by atoms with Crippen LogP contribution in [0.4, 0.5) is 4.79 Å². The zero-order valence-corrected chi connectivity index (χ0v) is 9.04. The number of phenols is 1. The summed E-state index contributed by atoms with van der Waals surface area (Å²) >= 11 is 0. The van der Waals surface area contributed by atoms with Crippen molar-refractivity contribution >= 4 is 11.9 Å². The van der Waals surface area contributed by atoms with E-state index in [1.165, 1.54) is 38.2 Å². The highest BCUT2D eigenvalue weighted by Gasteiger charge is 2.22. The van der Waals surface area contributed by atoms with Gasteiger partial charge in [0.05, 0.1) is 6.04 Å². The highest BCUT2D eigenvalue weighted by molar-refractivity contribution is 6.01. The van der Waals surface area contributed by atoms with Crippen molar-refractivity contribution < 1.29 is 19.8 Å². The number of phenolic OH excluding ortho intramolecular Hbond substituents is 1. The summed E-state index contributed by atoms with van der Waals surface area (Å²) < 4.78 is 0. The minimum Gasteiger partial charge on any atom is -0.508 e. The first-order chi connectivity index (χ1) is 7.43. The Bertz CT molecular complexity index is 399. The van der Waals surface area contributed by atoms with E-state index in [-0.39, 0.29) is 11.5 Å².